The Morgan fingerprint density at radius 1 is 1.29 bits per heavy atom. The quantitative estimate of drug-likeness (QED) is 0.791. The summed E-state index contributed by atoms with van der Waals surface area (Å²) in [4.78, 5) is 4.07. The van der Waals surface area contributed by atoms with Crippen LogP contribution in [0.4, 0.5) is 0 Å². The molecule has 0 spiro atoms. The number of aliphatic hydroxyl groups excluding tert-OH is 1. The number of aliphatic hydroxyl groups is 1. The molecule has 0 fully saturated rings. The molecular weight excluding hydrogens is 284 g/mol. The van der Waals surface area contributed by atoms with Gasteiger partial charge in [0.2, 0.25) is 0 Å². The van der Waals surface area contributed by atoms with Crippen molar-refractivity contribution in [3.8, 4) is 11.3 Å². The zero-order chi connectivity index (χ0) is 14.8. The van der Waals surface area contributed by atoms with Crippen LogP contribution in [0, 0.1) is 0 Å². The monoisotopic (exact) mass is 300 g/mol. The summed E-state index contributed by atoms with van der Waals surface area (Å²) in [6.07, 6.45) is 2.56. The first-order valence-corrected chi connectivity index (χ1v) is 7.72. The third-order valence-corrected chi connectivity index (χ3v) is 4.04. The molecular formula is C16H16N2O2S. The van der Waals surface area contributed by atoms with E-state index in [0.29, 0.717) is 5.76 Å². The van der Waals surface area contributed by atoms with Crippen molar-refractivity contribution in [3.05, 3.63) is 58.2 Å². The van der Waals surface area contributed by atoms with Crippen LogP contribution in [0.5, 0.6) is 0 Å². The van der Waals surface area contributed by atoms with Crippen LogP contribution in [0.25, 0.3) is 11.3 Å². The zero-order valence-corrected chi connectivity index (χ0v) is 12.7. The van der Waals surface area contributed by atoms with E-state index >= 15 is 0 Å². The Morgan fingerprint density at radius 3 is 2.76 bits per heavy atom. The molecule has 4 nitrogen and oxygen atoms in total. The SMILES string of the molecule is CC(C)c1noc(-c2ccsc2)c1C(O)c1cccnc1. The normalized spacial score (nSPS) is 12.8. The molecule has 0 amide bonds. The molecule has 108 valence electrons. The standard InChI is InChI=1S/C16H16N2O2S/c1-10(2)14-13(15(19)11-4-3-6-17-8-11)16(20-18-14)12-5-7-21-9-12/h3-10,15,19H,1-2H3. The Morgan fingerprint density at radius 2 is 2.14 bits per heavy atom. The third-order valence-electron chi connectivity index (χ3n) is 3.36. The van der Waals surface area contributed by atoms with Crippen molar-refractivity contribution in [2.45, 2.75) is 25.9 Å². The van der Waals surface area contributed by atoms with E-state index in [9.17, 15) is 5.11 Å². The fraction of sp³-hybridized carbons (Fsp3) is 0.250. The average molecular weight is 300 g/mol. The Hall–Kier alpha value is -1.98. The van der Waals surface area contributed by atoms with Gasteiger partial charge in [0.15, 0.2) is 5.76 Å². The van der Waals surface area contributed by atoms with E-state index in [2.05, 4.69) is 10.1 Å². The molecule has 1 N–H and O–H groups in total. The summed E-state index contributed by atoms with van der Waals surface area (Å²) in [6, 6.07) is 5.63. The number of rotatable bonds is 4. The van der Waals surface area contributed by atoms with Crippen LogP contribution in [0.3, 0.4) is 0 Å². The fourth-order valence-electron chi connectivity index (χ4n) is 2.30. The van der Waals surface area contributed by atoms with Crippen molar-refractivity contribution in [3.63, 3.8) is 0 Å². The van der Waals surface area contributed by atoms with Crippen LogP contribution >= 0.6 is 11.3 Å². The van der Waals surface area contributed by atoms with Crippen molar-refractivity contribution in [2.75, 3.05) is 0 Å². The second-order valence-electron chi connectivity index (χ2n) is 5.17. The van der Waals surface area contributed by atoms with Gasteiger partial charge in [-0.05, 0) is 23.4 Å². The molecule has 0 aliphatic heterocycles. The Bertz CT molecular complexity index is 705. The second kappa shape index (κ2) is 5.79. The van der Waals surface area contributed by atoms with Crippen LogP contribution in [0.15, 0.2) is 45.9 Å². The molecule has 0 aliphatic rings. The van der Waals surface area contributed by atoms with Gasteiger partial charge >= 0.3 is 0 Å². The number of thiophene rings is 1. The van der Waals surface area contributed by atoms with Gasteiger partial charge in [-0.3, -0.25) is 4.98 Å². The first-order chi connectivity index (χ1) is 10.2. The van der Waals surface area contributed by atoms with Gasteiger partial charge in [0, 0.05) is 28.9 Å². The molecule has 3 aromatic heterocycles. The number of hydrogen-bond acceptors (Lipinski definition) is 5. The zero-order valence-electron chi connectivity index (χ0n) is 11.9. The minimum atomic E-state index is -0.794. The summed E-state index contributed by atoms with van der Waals surface area (Å²) >= 11 is 1.59. The molecule has 3 heterocycles. The summed E-state index contributed by atoms with van der Waals surface area (Å²) in [6.45, 7) is 4.07. The first-order valence-electron chi connectivity index (χ1n) is 6.78. The lowest BCUT2D eigenvalue weighted by molar-refractivity contribution is 0.218. The summed E-state index contributed by atoms with van der Waals surface area (Å²) < 4.78 is 5.52. The minimum absolute atomic E-state index is 0.169. The van der Waals surface area contributed by atoms with Crippen molar-refractivity contribution >= 4 is 11.3 Å². The largest absolute Gasteiger partial charge is 0.383 e. The maximum atomic E-state index is 10.8. The summed E-state index contributed by atoms with van der Waals surface area (Å²) in [5.74, 6) is 0.804. The molecule has 21 heavy (non-hydrogen) atoms. The fourth-order valence-corrected chi connectivity index (χ4v) is 2.93. The first kappa shape index (κ1) is 14.0. The molecule has 1 atom stereocenters. The van der Waals surface area contributed by atoms with Crippen molar-refractivity contribution in [1.82, 2.24) is 10.1 Å². The number of aromatic nitrogens is 2. The van der Waals surface area contributed by atoms with Crippen LogP contribution in [0.2, 0.25) is 0 Å². The van der Waals surface area contributed by atoms with E-state index in [4.69, 9.17) is 4.52 Å². The lowest BCUT2D eigenvalue weighted by atomic mass is 9.94. The van der Waals surface area contributed by atoms with E-state index < -0.39 is 6.10 Å². The highest BCUT2D eigenvalue weighted by molar-refractivity contribution is 7.08. The van der Waals surface area contributed by atoms with E-state index in [1.54, 1.807) is 23.7 Å². The molecule has 0 aliphatic carbocycles. The molecule has 3 aromatic rings. The van der Waals surface area contributed by atoms with Crippen molar-refractivity contribution in [1.29, 1.82) is 0 Å². The molecule has 0 saturated carbocycles. The molecule has 1 unspecified atom stereocenters. The van der Waals surface area contributed by atoms with Crippen LogP contribution in [0.1, 0.15) is 42.7 Å². The van der Waals surface area contributed by atoms with Gasteiger partial charge in [0.05, 0.1) is 11.3 Å². The van der Waals surface area contributed by atoms with Gasteiger partial charge in [-0.15, -0.1) is 0 Å². The predicted molar refractivity (Wildman–Crippen MR) is 82.2 cm³/mol. The van der Waals surface area contributed by atoms with Crippen LogP contribution < -0.4 is 0 Å². The van der Waals surface area contributed by atoms with Crippen LogP contribution in [-0.2, 0) is 0 Å². The summed E-state index contributed by atoms with van der Waals surface area (Å²) in [5, 5.41) is 18.9. The molecule has 5 heteroatoms. The van der Waals surface area contributed by atoms with Gasteiger partial charge in [0.1, 0.15) is 6.10 Å². The van der Waals surface area contributed by atoms with E-state index in [1.807, 2.05) is 42.8 Å². The van der Waals surface area contributed by atoms with Gasteiger partial charge < -0.3 is 9.63 Å². The highest BCUT2D eigenvalue weighted by Gasteiger charge is 2.27. The van der Waals surface area contributed by atoms with E-state index in [1.165, 1.54) is 0 Å². The predicted octanol–water partition coefficient (Wildman–Crippen LogP) is 4.00. The molecule has 0 aromatic carbocycles. The number of hydrogen-bond donors (Lipinski definition) is 1. The smallest absolute Gasteiger partial charge is 0.174 e. The Kier molecular flexibility index (Phi) is 3.86. The Balaban J connectivity index is 2.13. The third kappa shape index (κ3) is 2.62. The number of nitrogens with zero attached hydrogens (tertiary/aromatic N) is 2. The van der Waals surface area contributed by atoms with Crippen LogP contribution in [-0.4, -0.2) is 15.2 Å². The van der Waals surface area contributed by atoms with Gasteiger partial charge in [-0.1, -0.05) is 25.1 Å². The highest BCUT2D eigenvalue weighted by Crippen LogP contribution is 2.37. The summed E-state index contributed by atoms with van der Waals surface area (Å²) in [5.41, 5.74) is 3.19. The number of pyridine rings is 1. The van der Waals surface area contributed by atoms with Crippen molar-refractivity contribution in [2.24, 2.45) is 0 Å². The lowest BCUT2D eigenvalue weighted by Crippen LogP contribution is -2.05. The maximum Gasteiger partial charge on any atom is 0.174 e. The highest BCUT2D eigenvalue weighted by atomic mass is 32.1. The van der Waals surface area contributed by atoms with Gasteiger partial charge in [0.25, 0.3) is 0 Å². The molecule has 0 radical (unpaired) electrons. The minimum Gasteiger partial charge on any atom is -0.383 e. The maximum absolute atomic E-state index is 10.8. The molecule has 3 rings (SSSR count). The van der Waals surface area contributed by atoms with Gasteiger partial charge in [-0.2, -0.15) is 11.3 Å². The summed E-state index contributed by atoms with van der Waals surface area (Å²) in [7, 11) is 0. The molecule has 0 bridgehead atoms. The Labute approximate surface area is 127 Å². The lowest BCUT2D eigenvalue weighted by Gasteiger charge is -2.13. The average Bonchev–Trinajstić information content (AvgIpc) is 3.16. The topological polar surface area (TPSA) is 59.2 Å². The second-order valence-corrected chi connectivity index (χ2v) is 5.95. The molecule has 0 saturated heterocycles. The van der Waals surface area contributed by atoms with Gasteiger partial charge in [-0.25, -0.2) is 0 Å². The van der Waals surface area contributed by atoms with Crippen molar-refractivity contribution < 1.29 is 9.63 Å². The van der Waals surface area contributed by atoms with E-state index in [-0.39, 0.29) is 5.92 Å². The van der Waals surface area contributed by atoms with E-state index in [0.717, 1.165) is 22.4 Å².